The van der Waals surface area contributed by atoms with Gasteiger partial charge in [-0.2, -0.15) is 0 Å². The Morgan fingerprint density at radius 1 is 0.500 bits per heavy atom. The zero-order valence-electron chi connectivity index (χ0n) is 28.1. The second-order valence-corrected chi connectivity index (χ2v) is 16.7. The maximum absolute atomic E-state index is 6.60. The monoisotopic (exact) mass is 685 g/mol. The minimum absolute atomic E-state index is 0.727. The zero-order chi connectivity index (χ0) is 34.5. The standard InChI is InChI=1S/C46H31N3O2Si/c1-3-18-36(19-4-1)52(37-20-5-2-6-21-37)44-25-13-27-48-46(44)49(41-30-39-38-22-7-8-24-42(38)51-43(39)31-45(41)52)33-15-12-17-35(29-33)50-34-16-11-14-32(28-34)40-23-9-10-26-47-40/h1-31H. The van der Waals surface area contributed by atoms with Crippen molar-refractivity contribution >= 4 is 68.0 Å². The van der Waals surface area contributed by atoms with E-state index in [4.69, 9.17) is 14.1 Å². The van der Waals surface area contributed by atoms with E-state index in [1.165, 1.54) is 20.7 Å². The summed E-state index contributed by atoms with van der Waals surface area (Å²) in [7, 11) is -2.93. The highest BCUT2D eigenvalue weighted by atomic mass is 28.3. The third kappa shape index (κ3) is 4.76. The number of hydrogen-bond acceptors (Lipinski definition) is 5. The smallest absolute Gasteiger partial charge is 0.186 e. The number of para-hydroxylation sites is 1. The summed E-state index contributed by atoms with van der Waals surface area (Å²) in [6.07, 6.45) is 3.71. The van der Waals surface area contributed by atoms with Gasteiger partial charge in [-0.05, 0) is 81.4 Å². The van der Waals surface area contributed by atoms with Crippen molar-refractivity contribution in [2.75, 3.05) is 4.90 Å². The molecule has 0 spiro atoms. The Hall–Kier alpha value is -6.76. The van der Waals surface area contributed by atoms with E-state index in [1.807, 2.05) is 67.0 Å². The molecule has 0 saturated heterocycles. The second-order valence-electron chi connectivity index (χ2n) is 13.0. The van der Waals surface area contributed by atoms with E-state index in [9.17, 15) is 0 Å². The lowest BCUT2D eigenvalue weighted by Gasteiger charge is -2.44. The van der Waals surface area contributed by atoms with Crippen LogP contribution in [0.2, 0.25) is 0 Å². The van der Waals surface area contributed by atoms with Crippen molar-refractivity contribution < 1.29 is 9.15 Å². The fraction of sp³-hybridized carbons (Fsp3) is 0. The molecule has 6 heteroatoms. The largest absolute Gasteiger partial charge is 0.457 e. The fourth-order valence-corrected chi connectivity index (χ4v) is 12.9. The van der Waals surface area contributed by atoms with E-state index in [0.29, 0.717) is 0 Å². The lowest BCUT2D eigenvalue weighted by atomic mass is 10.1. The maximum atomic E-state index is 6.60. The van der Waals surface area contributed by atoms with Gasteiger partial charge >= 0.3 is 0 Å². The van der Waals surface area contributed by atoms with Crippen LogP contribution in [0.1, 0.15) is 0 Å². The van der Waals surface area contributed by atoms with Gasteiger partial charge < -0.3 is 9.15 Å². The minimum atomic E-state index is -2.93. The number of nitrogens with zero attached hydrogens (tertiary/aromatic N) is 3. The van der Waals surface area contributed by atoms with Gasteiger partial charge in [0.1, 0.15) is 28.5 Å². The summed E-state index contributed by atoms with van der Waals surface area (Å²) < 4.78 is 13.2. The highest BCUT2D eigenvalue weighted by molar-refractivity contribution is 7.21. The molecule has 4 heterocycles. The predicted molar refractivity (Wildman–Crippen MR) is 213 cm³/mol. The summed E-state index contributed by atoms with van der Waals surface area (Å²) in [4.78, 5) is 12.0. The Morgan fingerprint density at radius 2 is 1.21 bits per heavy atom. The van der Waals surface area contributed by atoms with Crippen LogP contribution in [0.3, 0.4) is 0 Å². The molecule has 6 aromatic carbocycles. The van der Waals surface area contributed by atoms with Crippen LogP contribution in [0.25, 0.3) is 33.2 Å². The molecule has 9 aromatic rings. The number of aromatic nitrogens is 2. The Balaban J connectivity index is 1.21. The van der Waals surface area contributed by atoms with Gasteiger partial charge in [-0.25, -0.2) is 4.98 Å². The van der Waals surface area contributed by atoms with Crippen LogP contribution < -0.4 is 30.4 Å². The molecule has 0 amide bonds. The summed E-state index contributed by atoms with van der Waals surface area (Å²) in [5, 5.41) is 7.19. The van der Waals surface area contributed by atoms with Crippen molar-refractivity contribution in [1.29, 1.82) is 0 Å². The SMILES string of the molecule is c1ccc([Si]2(c3ccccc3)c3cc4oc5ccccc5c4cc3N(c3cccc(Oc4cccc(-c5ccccn5)c4)c3)c3ncccc32)cc1. The average Bonchev–Trinajstić information content (AvgIpc) is 3.58. The molecule has 52 heavy (non-hydrogen) atoms. The Morgan fingerprint density at radius 3 is 2.00 bits per heavy atom. The third-order valence-electron chi connectivity index (χ3n) is 10.1. The first-order valence-corrected chi connectivity index (χ1v) is 19.4. The number of ether oxygens (including phenoxy) is 1. The molecule has 1 aliphatic rings. The molecule has 0 atom stereocenters. The number of anilines is 3. The first kappa shape index (κ1) is 30.1. The van der Waals surface area contributed by atoms with E-state index in [-0.39, 0.29) is 0 Å². The number of hydrogen-bond donors (Lipinski definition) is 0. The summed E-state index contributed by atoms with van der Waals surface area (Å²) in [6.45, 7) is 0. The number of pyridine rings is 2. The first-order chi connectivity index (χ1) is 25.8. The predicted octanol–water partition coefficient (Wildman–Crippen LogP) is 9.00. The average molecular weight is 686 g/mol. The van der Waals surface area contributed by atoms with E-state index in [2.05, 4.69) is 131 Å². The van der Waals surface area contributed by atoms with Crippen molar-refractivity contribution in [3.05, 3.63) is 188 Å². The normalized spacial score (nSPS) is 13.1. The summed E-state index contributed by atoms with van der Waals surface area (Å²) in [5.74, 6) is 2.38. The van der Waals surface area contributed by atoms with Crippen LogP contribution in [-0.4, -0.2) is 18.0 Å². The van der Waals surface area contributed by atoms with Crippen molar-refractivity contribution in [1.82, 2.24) is 9.97 Å². The van der Waals surface area contributed by atoms with Gasteiger partial charge in [0.25, 0.3) is 0 Å². The van der Waals surface area contributed by atoms with E-state index < -0.39 is 8.07 Å². The molecular formula is C46H31N3O2Si. The number of fused-ring (bicyclic) bond motifs is 5. The van der Waals surface area contributed by atoms with Gasteiger partial charge in [-0.3, -0.25) is 9.88 Å². The molecular weight excluding hydrogens is 655 g/mol. The van der Waals surface area contributed by atoms with Gasteiger partial charge in [-0.15, -0.1) is 0 Å². The topological polar surface area (TPSA) is 51.4 Å². The van der Waals surface area contributed by atoms with Crippen molar-refractivity contribution in [2.24, 2.45) is 0 Å². The molecule has 1 aliphatic heterocycles. The zero-order valence-corrected chi connectivity index (χ0v) is 29.1. The van der Waals surface area contributed by atoms with Crippen molar-refractivity contribution in [3.63, 3.8) is 0 Å². The molecule has 0 unspecified atom stereocenters. The van der Waals surface area contributed by atoms with Gasteiger partial charge in [0, 0.05) is 40.5 Å². The Kier molecular flexibility index (Phi) is 7.08. The minimum Gasteiger partial charge on any atom is -0.457 e. The molecule has 0 radical (unpaired) electrons. The van der Waals surface area contributed by atoms with E-state index >= 15 is 0 Å². The van der Waals surface area contributed by atoms with Crippen LogP contribution in [0.4, 0.5) is 17.2 Å². The molecule has 10 rings (SSSR count). The fourth-order valence-electron chi connectivity index (χ4n) is 7.87. The molecule has 0 saturated carbocycles. The van der Waals surface area contributed by atoms with Crippen LogP contribution in [-0.2, 0) is 0 Å². The number of benzene rings is 6. The molecule has 246 valence electrons. The van der Waals surface area contributed by atoms with Crippen LogP contribution in [0.15, 0.2) is 193 Å². The van der Waals surface area contributed by atoms with Gasteiger partial charge in [0.2, 0.25) is 0 Å². The van der Waals surface area contributed by atoms with Crippen molar-refractivity contribution in [3.8, 4) is 22.8 Å². The van der Waals surface area contributed by atoms with Crippen LogP contribution >= 0.6 is 0 Å². The summed E-state index contributed by atoms with van der Waals surface area (Å²) >= 11 is 0. The maximum Gasteiger partial charge on any atom is 0.186 e. The summed E-state index contributed by atoms with van der Waals surface area (Å²) in [5.41, 5.74) is 5.68. The van der Waals surface area contributed by atoms with Crippen molar-refractivity contribution in [2.45, 2.75) is 0 Å². The van der Waals surface area contributed by atoms with Crippen LogP contribution in [0.5, 0.6) is 11.5 Å². The number of rotatable bonds is 6. The molecule has 0 aliphatic carbocycles. The molecule has 0 bridgehead atoms. The Bertz CT molecular complexity index is 2690. The van der Waals surface area contributed by atoms with Gasteiger partial charge in [0.05, 0.1) is 11.4 Å². The lowest BCUT2D eigenvalue weighted by Crippen LogP contribution is -2.77. The quantitative estimate of drug-likeness (QED) is 0.164. The first-order valence-electron chi connectivity index (χ1n) is 17.4. The Labute approximate surface area is 302 Å². The van der Waals surface area contributed by atoms with Crippen LogP contribution in [0, 0.1) is 0 Å². The van der Waals surface area contributed by atoms with Gasteiger partial charge in [0.15, 0.2) is 8.07 Å². The van der Waals surface area contributed by atoms with E-state index in [0.717, 1.165) is 61.9 Å². The van der Waals surface area contributed by atoms with E-state index in [1.54, 1.807) is 0 Å². The summed E-state index contributed by atoms with van der Waals surface area (Å²) in [6, 6.07) is 61.5. The molecule has 5 nitrogen and oxygen atoms in total. The number of furan rings is 1. The molecule has 0 N–H and O–H groups in total. The highest BCUT2D eigenvalue weighted by Gasteiger charge is 2.50. The third-order valence-corrected chi connectivity index (χ3v) is 14.9. The lowest BCUT2D eigenvalue weighted by molar-refractivity contribution is 0.483. The van der Waals surface area contributed by atoms with Gasteiger partial charge in [-0.1, -0.05) is 109 Å². The second kappa shape index (κ2) is 12.2. The molecule has 0 fully saturated rings. The highest BCUT2D eigenvalue weighted by Crippen LogP contribution is 2.42. The molecule has 3 aromatic heterocycles.